The van der Waals surface area contributed by atoms with Gasteiger partial charge in [-0.05, 0) is 56.8 Å². The van der Waals surface area contributed by atoms with Gasteiger partial charge in [0.1, 0.15) is 11.9 Å². The highest BCUT2D eigenvalue weighted by atomic mass is 16.5. The Kier molecular flexibility index (Phi) is 5.26. The maximum absolute atomic E-state index is 6.35. The Morgan fingerprint density at radius 3 is 2.74 bits per heavy atom. The van der Waals surface area contributed by atoms with Crippen LogP contribution in [0.25, 0.3) is 0 Å². The van der Waals surface area contributed by atoms with E-state index in [1.54, 1.807) is 0 Å². The van der Waals surface area contributed by atoms with Gasteiger partial charge in [0.2, 0.25) is 0 Å². The van der Waals surface area contributed by atoms with Gasteiger partial charge >= 0.3 is 0 Å². The first-order valence-corrected chi connectivity index (χ1v) is 7.68. The lowest BCUT2D eigenvalue weighted by Gasteiger charge is -2.27. The number of benzene rings is 1. The number of hydrogen-bond donors (Lipinski definition) is 1. The first-order valence-electron chi connectivity index (χ1n) is 7.68. The summed E-state index contributed by atoms with van der Waals surface area (Å²) in [7, 11) is 0. The summed E-state index contributed by atoms with van der Waals surface area (Å²) in [6.07, 6.45) is 6.69. The highest BCUT2D eigenvalue weighted by Gasteiger charge is 2.24. The van der Waals surface area contributed by atoms with E-state index in [2.05, 4.69) is 44.3 Å². The van der Waals surface area contributed by atoms with Gasteiger partial charge in [0.05, 0.1) is 0 Å². The van der Waals surface area contributed by atoms with Crippen LogP contribution in [0.15, 0.2) is 18.2 Å². The summed E-state index contributed by atoms with van der Waals surface area (Å²) in [6.45, 7) is 7.46. The molecule has 106 valence electrons. The number of rotatable bonds is 4. The fraction of sp³-hybridized carbons (Fsp3) is 0.647. The smallest absolute Gasteiger partial charge is 0.122 e. The normalized spacial score (nSPS) is 23.9. The lowest BCUT2D eigenvalue weighted by molar-refractivity contribution is 0.144. The summed E-state index contributed by atoms with van der Waals surface area (Å²) in [6, 6.07) is 6.98. The fourth-order valence-corrected chi connectivity index (χ4v) is 2.91. The molecule has 1 fully saturated rings. The molecule has 0 saturated heterocycles. The molecule has 1 saturated carbocycles. The minimum absolute atomic E-state index is 0.322. The van der Waals surface area contributed by atoms with Crippen LogP contribution in [0.4, 0.5) is 0 Å². The third-order valence-electron chi connectivity index (χ3n) is 4.04. The highest BCUT2D eigenvalue weighted by Crippen LogP contribution is 2.26. The Hall–Kier alpha value is -1.02. The summed E-state index contributed by atoms with van der Waals surface area (Å²) in [5, 5.41) is 3.60. The number of likely N-dealkylation sites (N-methyl/N-ethyl adjacent to an activating group) is 1. The Labute approximate surface area is 117 Å². The molecule has 1 aromatic rings. The average Bonchev–Trinajstić information content (AvgIpc) is 2.60. The highest BCUT2D eigenvalue weighted by molar-refractivity contribution is 5.36. The van der Waals surface area contributed by atoms with Crippen molar-refractivity contribution in [1.29, 1.82) is 0 Å². The van der Waals surface area contributed by atoms with Crippen molar-refractivity contribution in [2.75, 3.05) is 6.54 Å². The average molecular weight is 261 g/mol. The third kappa shape index (κ3) is 3.97. The molecule has 1 aliphatic carbocycles. The van der Waals surface area contributed by atoms with Crippen LogP contribution in [0.5, 0.6) is 5.75 Å². The molecule has 1 aromatic carbocycles. The van der Waals surface area contributed by atoms with E-state index in [0.29, 0.717) is 12.1 Å². The van der Waals surface area contributed by atoms with Gasteiger partial charge < -0.3 is 10.1 Å². The molecule has 2 nitrogen and oxygen atoms in total. The Morgan fingerprint density at radius 2 is 1.95 bits per heavy atom. The Morgan fingerprint density at radius 1 is 1.16 bits per heavy atom. The van der Waals surface area contributed by atoms with Crippen molar-refractivity contribution in [3.05, 3.63) is 29.3 Å². The van der Waals surface area contributed by atoms with Gasteiger partial charge in [-0.2, -0.15) is 0 Å². The zero-order chi connectivity index (χ0) is 13.7. The zero-order valence-corrected chi connectivity index (χ0v) is 12.5. The monoisotopic (exact) mass is 261 g/mol. The molecule has 0 aliphatic heterocycles. The van der Waals surface area contributed by atoms with Crippen molar-refractivity contribution >= 4 is 0 Å². The number of aryl methyl sites for hydroxylation is 2. The minimum atomic E-state index is 0.322. The Bertz CT molecular complexity index is 402. The third-order valence-corrected chi connectivity index (χ3v) is 4.04. The molecule has 19 heavy (non-hydrogen) atoms. The van der Waals surface area contributed by atoms with Gasteiger partial charge in [-0.25, -0.2) is 0 Å². The van der Waals surface area contributed by atoms with Gasteiger partial charge in [0, 0.05) is 6.04 Å². The fourth-order valence-electron chi connectivity index (χ4n) is 2.91. The van der Waals surface area contributed by atoms with Crippen molar-refractivity contribution in [3.63, 3.8) is 0 Å². The molecule has 2 unspecified atom stereocenters. The topological polar surface area (TPSA) is 21.3 Å². The zero-order valence-electron chi connectivity index (χ0n) is 12.5. The molecule has 2 heteroatoms. The minimum Gasteiger partial charge on any atom is -0.489 e. The van der Waals surface area contributed by atoms with Crippen LogP contribution in [0.3, 0.4) is 0 Å². The molecule has 2 rings (SSSR count). The van der Waals surface area contributed by atoms with E-state index in [9.17, 15) is 0 Å². The number of ether oxygens (including phenoxy) is 1. The van der Waals surface area contributed by atoms with Crippen LogP contribution in [-0.4, -0.2) is 18.7 Å². The van der Waals surface area contributed by atoms with Gasteiger partial charge in [-0.1, -0.05) is 31.9 Å². The largest absolute Gasteiger partial charge is 0.489 e. The van der Waals surface area contributed by atoms with Crippen molar-refractivity contribution in [3.8, 4) is 5.75 Å². The van der Waals surface area contributed by atoms with Crippen LogP contribution < -0.4 is 10.1 Å². The number of hydrogen-bond acceptors (Lipinski definition) is 2. The Balaban J connectivity index is 2.11. The van der Waals surface area contributed by atoms with Crippen LogP contribution in [0, 0.1) is 13.8 Å². The van der Waals surface area contributed by atoms with Crippen molar-refractivity contribution < 1.29 is 4.74 Å². The van der Waals surface area contributed by atoms with Crippen molar-refractivity contribution in [1.82, 2.24) is 5.32 Å². The molecular weight excluding hydrogens is 234 g/mol. The van der Waals surface area contributed by atoms with Crippen LogP contribution in [0.2, 0.25) is 0 Å². The number of nitrogens with one attached hydrogen (secondary N) is 1. The lowest BCUT2D eigenvalue weighted by Crippen LogP contribution is -2.42. The second-order valence-corrected chi connectivity index (χ2v) is 5.73. The van der Waals surface area contributed by atoms with Gasteiger partial charge in [-0.15, -0.1) is 0 Å². The summed E-state index contributed by atoms with van der Waals surface area (Å²) in [4.78, 5) is 0. The molecule has 1 N–H and O–H groups in total. The van der Waals surface area contributed by atoms with E-state index in [-0.39, 0.29) is 0 Å². The molecule has 0 radical (unpaired) electrons. The summed E-state index contributed by atoms with van der Waals surface area (Å²) in [5.74, 6) is 1.06. The van der Waals surface area contributed by atoms with E-state index in [0.717, 1.165) is 12.3 Å². The molecule has 0 spiro atoms. The summed E-state index contributed by atoms with van der Waals surface area (Å²) >= 11 is 0. The maximum Gasteiger partial charge on any atom is 0.122 e. The summed E-state index contributed by atoms with van der Waals surface area (Å²) in [5.41, 5.74) is 2.51. The summed E-state index contributed by atoms with van der Waals surface area (Å²) < 4.78 is 6.35. The van der Waals surface area contributed by atoms with Gasteiger partial charge in [0.25, 0.3) is 0 Å². The van der Waals surface area contributed by atoms with E-state index in [1.165, 1.54) is 43.2 Å². The lowest BCUT2D eigenvalue weighted by atomic mass is 10.1. The van der Waals surface area contributed by atoms with Crippen LogP contribution in [0.1, 0.15) is 50.2 Å². The van der Waals surface area contributed by atoms with E-state index < -0.39 is 0 Å². The van der Waals surface area contributed by atoms with E-state index >= 15 is 0 Å². The van der Waals surface area contributed by atoms with Crippen LogP contribution >= 0.6 is 0 Å². The molecule has 2 atom stereocenters. The van der Waals surface area contributed by atoms with Crippen molar-refractivity contribution in [2.24, 2.45) is 0 Å². The van der Waals surface area contributed by atoms with E-state index in [4.69, 9.17) is 4.74 Å². The predicted molar refractivity (Wildman–Crippen MR) is 80.9 cm³/mol. The second kappa shape index (κ2) is 6.95. The molecular formula is C17H27NO. The predicted octanol–water partition coefficient (Wildman–Crippen LogP) is 3.99. The second-order valence-electron chi connectivity index (χ2n) is 5.73. The molecule has 0 bridgehead atoms. The van der Waals surface area contributed by atoms with Gasteiger partial charge in [-0.3, -0.25) is 0 Å². The van der Waals surface area contributed by atoms with Crippen LogP contribution in [-0.2, 0) is 0 Å². The molecule has 0 aromatic heterocycles. The quantitative estimate of drug-likeness (QED) is 0.827. The molecule has 1 aliphatic rings. The maximum atomic E-state index is 6.35. The SMILES string of the molecule is CCNC1CCCCCC1Oc1cc(C)ccc1C. The van der Waals surface area contributed by atoms with Crippen molar-refractivity contribution in [2.45, 2.75) is 65.0 Å². The van der Waals surface area contributed by atoms with Gasteiger partial charge in [0.15, 0.2) is 0 Å². The molecule has 0 heterocycles. The first-order chi connectivity index (χ1) is 9.20. The first kappa shape index (κ1) is 14.4. The standard InChI is InChI=1S/C17H27NO/c1-4-18-15-8-6-5-7-9-16(15)19-17-12-13(2)10-11-14(17)3/h10-12,15-16,18H,4-9H2,1-3H3. The van der Waals surface area contributed by atoms with E-state index in [1.807, 2.05) is 0 Å². The molecule has 0 amide bonds.